The van der Waals surface area contributed by atoms with Gasteiger partial charge < -0.3 is 14.9 Å². The summed E-state index contributed by atoms with van der Waals surface area (Å²) >= 11 is 0. The van der Waals surface area contributed by atoms with Crippen LogP contribution in [0.25, 0.3) is 11.4 Å². The smallest absolute Gasteiger partial charge is 0.326 e. The standard InChI is InChI=1S/C23H24N4O4/c1-15(23(29)30)27(19-8-3-2-4-9-19)22(28)18-7-5-6-17(14-18)20-25-21(31-26-20)16-10-12-24-13-11-16/h2-9,14-16,24H,10-13H2,1H3,(H,29,30). The lowest BCUT2D eigenvalue weighted by atomic mass is 9.98. The van der Waals surface area contributed by atoms with Gasteiger partial charge >= 0.3 is 5.97 Å². The number of carbonyl (C=O) groups excluding carboxylic acids is 1. The summed E-state index contributed by atoms with van der Waals surface area (Å²) in [6.45, 7) is 3.33. The largest absolute Gasteiger partial charge is 0.480 e. The molecule has 1 aliphatic rings. The van der Waals surface area contributed by atoms with E-state index in [9.17, 15) is 14.7 Å². The molecule has 1 saturated heterocycles. The van der Waals surface area contributed by atoms with E-state index in [0.717, 1.165) is 25.9 Å². The van der Waals surface area contributed by atoms with Gasteiger partial charge in [0, 0.05) is 22.7 Å². The van der Waals surface area contributed by atoms with E-state index in [4.69, 9.17) is 4.52 Å². The van der Waals surface area contributed by atoms with Crippen LogP contribution >= 0.6 is 0 Å². The number of hydrogen-bond donors (Lipinski definition) is 2. The molecule has 1 amide bonds. The summed E-state index contributed by atoms with van der Waals surface area (Å²) in [5.41, 5.74) is 1.51. The highest BCUT2D eigenvalue weighted by Gasteiger charge is 2.28. The molecular formula is C23H24N4O4. The molecule has 1 atom stereocenters. The summed E-state index contributed by atoms with van der Waals surface area (Å²) in [4.78, 5) is 30.8. The van der Waals surface area contributed by atoms with E-state index in [1.54, 1.807) is 48.5 Å². The number of carboxylic acids is 1. The minimum absolute atomic E-state index is 0.234. The Bertz CT molecular complexity index is 1060. The van der Waals surface area contributed by atoms with Gasteiger partial charge in [0.2, 0.25) is 11.7 Å². The molecule has 4 rings (SSSR count). The summed E-state index contributed by atoms with van der Waals surface area (Å²) in [5, 5.41) is 17.0. The zero-order valence-corrected chi connectivity index (χ0v) is 17.2. The molecule has 1 aromatic heterocycles. The maximum Gasteiger partial charge on any atom is 0.326 e. The number of rotatable bonds is 6. The molecule has 2 aromatic carbocycles. The fraction of sp³-hybridized carbons (Fsp3) is 0.304. The first-order valence-electron chi connectivity index (χ1n) is 10.3. The summed E-state index contributed by atoms with van der Waals surface area (Å²) in [5.74, 6) is -0.236. The minimum atomic E-state index is -1.09. The fourth-order valence-corrected chi connectivity index (χ4v) is 3.73. The van der Waals surface area contributed by atoms with Crippen LogP contribution in [0.3, 0.4) is 0 Å². The van der Waals surface area contributed by atoms with Gasteiger partial charge in [-0.25, -0.2) is 4.79 Å². The summed E-state index contributed by atoms with van der Waals surface area (Å²) in [6, 6.07) is 14.6. The van der Waals surface area contributed by atoms with E-state index in [1.807, 2.05) is 6.07 Å². The molecule has 1 unspecified atom stereocenters. The van der Waals surface area contributed by atoms with Crippen LogP contribution in [0.2, 0.25) is 0 Å². The molecule has 0 saturated carbocycles. The molecule has 3 aromatic rings. The van der Waals surface area contributed by atoms with Crippen molar-refractivity contribution in [3.63, 3.8) is 0 Å². The number of carbonyl (C=O) groups is 2. The molecule has 0 aliphatic carbocycles. The van der Waals surface area contributed by atoms with Gasteiger partial charge in [-0.05, 0) is 57.1 Å². The number of amides is 1. The Balaban J connectivity index is 1.63. The zero-order valence-electron chi connectivity index (χ0n) is 17.2. The lowest BCUT2D eigenvalue weighted by molar-refractivity contribution is -0.138. The second-order valence-corrected chi connectivity index (χ2v) is 7.59. The Morgan fingerprint density at radius 2 is 1.87 bits per heavy atom. The van der Waals surface area contributed by atoms with Crippen LogP contribution in [0.1, 0.15) is 41.9 Å². The molecule has 0 spiro atoms. The van der Waals surface area contributed by atoms with Crippen molar-refractivity contribution in [3.8, 4) is 11.4 Å². The molecule has 2 N–H and O–H groups in total. The van der Waals surface area contributed by atoms with Crippen molar-refractivity contribution in [1.82, 2.24) is 15.5 Å². The maximum absolute atomic E-state index is 13.3. The molecule has 1 aliphatic heterocycles. The molecule has 31 heavy (non-hydrogen) atoms. The number of benzene rings is 2. The van der Waals surface area contributed by atoms with E-state index < -0.39 is 17.9 Å². The highest BCUT2D eigenvalue weighted by atomic mass is 16.5. The van der Waals surface area contributed by atoms with Gasteiger partial charge in [0.1, 0.15) is 6.04 Å². The van der Waals surface area contributed by atoms with E-state index in [-0.39, 0.29) is 5.92 Å². The van der Waals surface area contributed by atoms with Gasteiger partial charge in [0.05, 0.1) is 0 Å². The number of nitrogens with one attached hydrogen (secondary N) is 1. The van der Waals surface area contributed by atoms with E-state index >= 15 is 0 Å². The number of carboxylic acid groups (broad SMARTS) is 1. The van der Waals surface area contributed by atoms with E-state index in [1.165, 1.54) is 11.8 Å². The first kappa shape index (κ1) is 20.7. The minimum Gasteiger partial charge on any atom is -0.480 e. The number of anilines is 1. The quantitative estimate of drug-likeness (QED) is 0.630. The summed E-state index contributed by atoms with van der Waals surface area (Å²) in [6.07, 6.45) is 1.89. The topological polar surface area (TPSA) is 109 Å². The Morgan fingerprint density at radius 1 is 1.13 bits per heavy atom. The number of para-hydroxylation sites is 1. The third kappa shape index (κ3) is 4.49. The summed E-state index contributed by atoms with van der Waals surface area (Å²) < 4.78 is 5.48. The Hall–Kier alpha value is -3.52. The molecule has 8 heteroatoms. The molecule has 8 nitrogen and oxygen atoms in total. The summed E-state index contributed by atoms with van der Waals surface area (Å²) in [7, 11) is 0. The molecule has 2 heterocycles. The highest BCUT2D eigenvalue weighted by molar-refractivity contribution is 6.09. The van der Waals surface area contributed by atoms with Crippen LogP contribution in [0, 0.1) is 0 Å². The van der Waals surface area contributed by atoms with Crippen LogP contribution in [-0.4, -0.2) is 46.3 Å². The zero-order chi connectivity index (χ0) is 21.8. The first-order chi connectivity index (χ1) is 15.0. The van der Waals surface area contributed by atoms with Gasteiger partial charge in [-0.1, -0.05) is 35.5 Å². The van der Waals surface area contributed by atoms with Gasteiger partial charge in [0.25, 0.3) is 5.91 Å². The van der Waals surface area contributed by atoms with E-state index in [0.29, 0.717) is 28.5 Å². The second kappa shape index (κ2) is 9.09. The maximum atomic E-state index is 13.3. The van der Waals surface area contributed by atoms with Crippen molar-refractivity contribution >= 4 is 17.6 Å². The normalized spacial score (nSPS) is 15.4. The average Bonchev–Trinajstić information content (AvgIpc) is 3.31. The predicted octanol–water partition coefficient (Wildman–Crippen LogP) is 3.32. The lowest BCUT2D eigenvalue weighted by Gasteiger charge is -2.26. The third-order valence-corrected chi connectivity index (χ3v) is 5.50. The molecular weight excluding hydrogens is 396 g/mol. The Labute approximate surface area is 179 Å². The average molecular weight is 420 g/mol. The van der Waals surface area contributed by atoms with Crippen LogP contribution < -0.4 is 10.2 Å². The number of aromatic nitrogens is 2. The molecule has 0 radical (unpaired) electrons. The fourth-order valence-electron chi connectivity index (χ4n) is 3.73. The second-order valence-electron chi connectivity index (χ2n) is 7.59. The first-order valence-corrected chi connectivity index (χ1v) is 10.3. The molecule has 1 fully saturated rings. The van der Waals surface area contributed by atoms with Gasteiger partial charge in [-0.3, -0.25) is 9.69 Å². The predicted molar refractivity (Wildman–Crippen MR) is 115 cm³/mol. The van der Waals surface area contributed by atoms with Crippen molar-refractivity contribution in [2.45, 2.75) is 31.7 Å². The highest BCUT2D eigenvalue weighted by Crippen LogP contribution is 2.27. The van der Waals surface area contributed by atoms with Crippen molar-refractivity contribution in [2.24, 2.45) is 0 Å². The number of nitrogens with zero attached hydrogens (tertiary/aromatic N) is 3. The van der Waals surface area contributed by atoms with Crippen molar-refractivity contribution in [1.29, 1.82) is 0 Å². The number of piperidine rings is 1. The SMILES string of the molecule is CC(C(=O)O)N(C(=O)c1cccc(-c2noc(C3CCNCC3)n2)c1)c1ccccc1. The monoisotopic (exact) mass is 420 g/mol. The van der Waals surface area contributed by atoms with Crippen molar-refractivity contribution < 1.29 is 19.2 Å². The Kier molecular flexibility index (Phi) is 6.08. The van der Waals surface area contributed by atoms with Gasteiger partial charge in [0.15, 0.2) is 0 Å². The number of hydrogen-bond acceptors (Lipinski definition) is 6. The molecule has 160 valence electrons. The van der Waals surface area contributed by atoms with Gasteiger partial charge in [-0.2, -0.15) is 4.98 Å². The van der Waals surface area contributed by atoms with E-state index in [2.05, 4.69) is 15.5 Å². The molecule has 0 bridgehead atoms. The third-order valence-electron chi connectivity index (χ3n) is 5.50. The van der Waals surface area contributed by atoms with Crippen LogP contribution in [-0.2, 0) is 4.79 Å². The Morgan fingerprint density at radius 3 is 2.58 bits per heavy atom. The van der Waals surface area contributed by atoms with Crippen molar-refractivity contribution in [2.75, 3.05) is 18.0 Å². The van der Waals surface area contributed by atoms with Crippen LogP contribution in [0.5, 0.6) is 0 Å². The van der Waals surface area contributed by atoms with Gasteiger partial charge in [-0.15, -0.1) is 0 Å². The lowest BCUT2D eigenvalue weighted by Crippen LogP contribution is -2.43. The van der Waals surface area contributed by atoms with Crippen molar-refractivity contribution in [3.05, 3.63) is 66.1 Å². The number of aliphatic carboxylic acids is 1. The van der Waals surface area contributed by atoms with Crippen LogP contribution in [0.4, 0.5) is 5.69 Å². The van der Waals surface area contributed by atoms with Crippen LogP contribution in [0.15, 0.2) is 59.1 Å².